The van der Waals surface area contributed by atoms with Gasteiger partial charge in [-0.2, -0.15) is 0 Å². The van der Waals surface area contributed by atoms with Crippen molar-refractivity contribution in [3.05, 3.63) is 89.5 Å². The number of carboxylic acids is 1. The number of hydrogen-bond donors (Lipinski definition) is 0. The summed E-state index contributed by atoms with van der Waals surface area (Å²) in [5.41, 5.74) is 4.47. The molecule has 0 N–H and O–H groups in total. The second-order valence-corrected chi connectivity index (χ2v) is 8.69. The van der Waals surface area contributed by atoms with Crippen LogP contribution in [-0.2, 0) is 35.0 Å². The maximum atomic E-state index is 8.89. The van der Waals surface area contributed by atoms with Crippen LogP contribution in [0, 0.1) is 0 Å². The van der Waals surface area contributed by atoms with E-state index in [2.05, 4.69) is 93.6 Å². The van der Waals surface area contributed by atoms with Crippen LogP contribution < -0.4 is 5.11 Å². The van der Waals surface area contributed by atoms with Crippen LogP contribution in [0.3, 0.4) is 0 Å². The Morgan fingerprint density at radius 2 is 1.14 bits per heavy atom. The second kappa shape index (κ2) is 11.5. The van der Waals surface area contributed by atoms with Crippen molar-refractivity contribution < 1.29 is 9.90 Å². The van der Waals surface area contributed by atoms with Crippen LogP contribution in [0.15, 0.2) is 87.5 Å². The minimum atomic E-state index is -1.08. The van der Waals surface area contributed by atoms with Crippen LogP contribution in [0.5, 0.6) is 0 Å². The Labute approximate surface area is 178 Å². The minimum absolute atomic E-state index is 0.0478. The average molecular weight is 407 g/mol. The van der Waals surface area contributed by atoms with E-state index in [1.54, 1.807) is 4.90 Å². The second-order valence-electron chi connectivity index (χ2n) is 6.73. The number of aryl methyl sites for hydroxylation is 3. The molecule has 0 heterocycles. The first-order chi connectivity index (χ1) is 14.0. The summed E-state index contributed by atoms with van der Waals surface area (Å²) in [6.45, 7) is 7.80. The largest absolute Gasteiger partial charge is 0.550 e. The molecule has 0 aliphatic heterocycles. The molecule has 2 nitrogen and oxygen atoms in total. The van der Waals surface area contributed by atoms with E-state index in [1.165, 1.54) is 26.5 Å². The summed E-state index contributed by atoms with van der Waals surface area (Å²) < 4.78 is 0. The van der Waals surface area contributed by atoms with E-state index >= 15 is 0 Å². The summed E-state index contributed by atoms with van der Waals surface area (Å²) in [5.74, 6) is -1.08. The van der Waals surface area contributed by atoms with Crippen LogP contribution in [0.25, 0.3) is 0 Å². The molecule has 0 aliphatic carbocycles. The van der Waals surface area contributed by atoms with Crippen LogP contribution in [-0.4, -0.2) is 5.97 Å². The third-order valence-electron chi connectivity index (χ3n) is 4.63. The van der Waals surface area contributed by atoms with Gasteiger partial charge in [0.05, 0.1) is 10.9 Å². The van der Waals surface area contributed by atoms with Crippen molar-refractivity contribution >= 4 is 16.9 Å². The Morgan fingerprint density at radius 3 is 1.45 bits per heavy atom. The minimum Gasteiger partial charge on any atom is -0.550 e. The summed E-state index contributed by atoms with van der Waals surface area (Å²) in [7, 11) is -0.0478. The van der Waals surface area contributed by atoms with Crippen molar-refractivity contribution in [1.29, 1.82) is 0 Å². The van der Waals surface area contributed by atoms with Gasteiger partial charge in [0, 0.05) is 17.1 Å². The normalized spacial score (nSPS) is 10.4. The van der Waals surface area contributed by atoms with Crippen LogP contribution in [0.2, 0.25) is 0 Å². The van der Waals surface area contributed by atoms with Gasteiger partial charge in [-0.25, -0.2) is 0 Å². The molecule has 0 aliphatic rings. The predicted octanol–water partition coefficient (Wildman–Crippen LogP) is 5.23. The Kier molecular flexibility index (Phi) is 9.01. The summed E-state index contributed by atoms with van der Waals surface area (Å²) in [4.78, 5) is 13.2. The quantitative estimate of drug-likeness (QED) is 0.526. The number of rotatable bonds is 6. The lowest BCUT2D eigenvalue weighted by Crippen LogP contribution is -2.16. The standard InChI is InChI=1S/C24H27S.C2H4O2/c1-4-19-17-20(5-2)24(21(6-3)18-19)25(22-13-9-7-10-14-22)23-15-11-8-12-16-23;1-2(3)4/h7-18H,4-6H2,1-3H3;1H3,(H,3,4)/q+1;/p-1. The van der Waals surface area contributed by atoms with Crippen molar-refractivity contribution in [1.82, 2.24) is 0 Å². The number of benzene rings is 3. The highest BCUT2D eigenvalue weighted by atomic mass is 32.2. The fraction of sp³-hybridized carbons (Fsp3) is 0.269. The van der Waals surface area contributed by atoms with Gasteiger partial charge < -0.3 is 9.90 Å². The van der Waals surface area contributed by atoms with Crippen molar-refractivity contribution in [3.63, 3.8) is 0 Å². The summed E-state index contributed by atoms with van der Waals surface area (Å²) >= 11 is 0. The molecule has 0 radical (unpaired) electrons. The van der Waals surface area contributed by atoms with E-state index in [1.807, 2.05) is 0 Å². The molecule has 3 rings (SSSR count). The van der Waals surface area contributed by atoms with Gasteiger partial charge in [-0.1, -0.05) is 69.3 Å². The number of carboxylic acid groups (broad SMARTS) is 1. The van der Waals surface area contributed by atoms with Crippen molar-refractivity contribution in [2.75, 3.05) is 0 Å². The summed E-state index contributed by atoms with van der Waals surface area (Å²) in [6, 6.07) is 26.9. The Morgan fingerprint density at radius 1 is 0.759 bits per heavy atom. The van der Waals surface area contributed by atoms with E-state index in [-0.39, 0.29) is 10.9 Å². The third kappa shape index (κ3) is 6.23. The van der Waals surface area contributed by atoms with E-state index in [4.69, 9.17) is 9.90 Å². The maximum Gasteiger partial charge on any atom is 0.172 e. The van der Waals surface area contributed by atoms with Gasteiger partial charge >= 0.3 is 0 Å². The third-order valence-corrected chi connectivity index (χ3v) is 7.05. The zero-order valence-corrected chi connectivity index (χ0v) is 18.6. The number of carbonyl (C=O) groups excluding carboxylic acids is 1. The number of carbonyl (C=O) groups is 1. The molecule has 152 valence electrons. The van der Waals surface area contributed by atoms with E-state index in [0.717, 1.165) is 26.2 Å². The zero-order chi connectivity index (χ0) is 21.2. The van der Waals surface area contributed by atoms with Gasteiger partial charge in [-0.3, -0.25) is 0 Å². The van der Waals surface area contributed by atoms with Gasteiger partial charge in [0.1, 0.15) is 0 Å². The molecule has 0 aromatic heterocycles. The van der Waals surface area contributed by atoms with Gasteiger partial charge in [-0.05, 0) is 56.0 Å². The lowest BCUT2D eigenvalue weighted by atomic mass is 10.0. The van der Waals surface area contributed by atoms with Crippen molar-refractivity contribution in [3.8, 4) is 0 Å². The molecule has 0 atom stereocenters. The molecule has 3 aromatic rings. The lowest BCUT2D eigenvalue weighted by Gasteiger charge is -2.16. The maximum absolute atomic E-state index is 8.89. The average Bonchev–Trinajstić information content (AvgIpc) is 2.75. The molecule has 0 fully saturated rings. The molecular formula is C26H30O2S. The summed E-state index contributed by atoms with van der Waals surface area (Å²) in [5, 5.41) is 8.89. The molecule has 0 amide bonds. The zero-order valence-electron chi connectivity index (χ0n) is 17.8. The highest BCUT2D eigenvalue weighted by Crippen LogP contribution is 2.36. The fourth-order valence-electron chi connectivity index (χ4n) is 3.30. The molecule has 0 unspecified atom stereocenters. The van der Waals surface area contributed by atoms with Gasteiger partial charge in [0.25, 0.3) is 0 Å². The Balaban J connectivity index is 0.000000687. The number of aliphatic carboxylic acids is 1. The topological polar surface area (TPSA) is 40.1 Å². The van der Waals surface area contributed by atoms with E-state index < -0.39 is 5.97 Å². The van der Waals surface area contributed by atoms with Crippen molar-refractivity contribution in [2.24, 2.45) is 0 Å². The Bertz CT molecular complexity index is 836. The first-order valence-corrected chi connectivity index (χ1v) is 11.4. The summed E-state index contributed by atoms with van der Waals surface area (Å²) in [6.07, 6.45) is 3.27. The number of hydrogen-bond acceptors (Lipinski definition) is 2. The van der Waals surface area contributed by atoms with Crippen LogP contribution in [0.1, 0.15) is 44.4 Å². The predicted molar refractivity (Wildman–Crippen MR) is 120 cm³/mol. The van der Waals surface area contributed by atoms with Gasteiger partial charge in [0.15, 0.2) is 14.7 Å². The highest BCUT2D eigenvalue weighted by Gasteiger charge is 2.33. The van der Waals surface area contributed by atoms with Crippen LogP contribution >= 0.6 is 0 Å². The molecule has 0 saturated heterocycles. The van der Waals surface area contributed by atoms with Crippen molar-refractivity contribution in [2.45, 2.75) is 61.6 Å². The monoisotopic (exact) mass is 406 g/mol. The highest BCUT2D eigenvalue weighted by molar-refractivity contribution is 7.97. The fourth-order valence-corrected chi connectivity index (χ4v) is 5.84. The SMILES string of the molecule is CC(=O)[O-].CCc1cc(CC)c([S+](c2ccccc2)c2ccccc2)c(CC)c1. The van der Waals surface area contributed by atoms with Gasteiger partial charge in [-0.15, -0.1) is 0 Å². The molecular weight excluding hydrogens is 376 g/mol. The molecule has 0 bridgehead atoms. The first-order valence-electron chi connectivity index (χ1n) is 10.2. The Hall–Kier alpha value is -2.52. The molecule has 3 aromatic carbocycles. The first kappa shape index (κ1) is 22.8. The van der Waals surface area contributed by atoms with E-state index in [0.29, 0.717) is 0 Å². The van der Waals surface area contributed by atoms with Crippen LogP contribution in [0.4, 0.5) is 0 Å². The molecule has 3 heteroatoms. The molecule has 0 saturated carbocycles. The molecule has 29 heavy (non-hydrogen) atoms. The van der Waals surface area contributed by atoms with Gasteiger partial charge in [0.2, 0.25) is 0 Å². The lowest BCUT2D eigenvalue weighted by molar-refractivity contribution is -0.302. The molecule has 0 spiro atoms. The van der Waals surface area contributed by atoms with E-state index in [9.17, 15) is 0 Å². The smallest absolute Gasteiger partial charge is 0.172 e.